The number of aromatic nitrogens is 1. The van der Waals surface area contributed by atoms with Crippen LogP contribution >= 0.6 is 11.3 Å². The fourth-order valence-corrected chi connectivity index (χ4v) is 2.15. The Morgan fingerprint density at radius 1 is 1.24 bits per heavy atom. The summed E-state index contributed by atoms with van der Waals surface area (Å²) in [4.78, 5) is 4.43. The van der Waals surface area contributed by atoms with Crippen LogP contribution in [0.15, 0.2) is 23.8 Å². The van der Waals surface area contributed by atoms with E-state index in [1.54, 1.807) is 0 Å². The number of hydrogen-bond acceptors (Lipinski definition) is 4. The molecule has 0 aliphatic heterocycles. The highest BCUT2D eigenvalue weighted by atomic mass is 32.1. The van der Waals surface area contributed by atoms with Gasteiger partial charge < -0.3 is 0 Å². The minimum absolute atomic E-state index is 0.0596. The number of nitrogens with two attached hydrogens (primary N) is 1. The van der Waals surface area contributed by atoms with Gasteiger partial charge in [-0.05, 0) is 6.07 Å². The van der Waals surface area contributed by atoms with Crippen molar-refractivity contribution in [3.8, 4) is 0 Å². The summed E-state index contributed by atoms with van der Waals surface area (Å²) in [7, 11) is 0. The Hall–Kier alpha value is -1.44. The third kappa shape index (κ3) is 2.17. The van der Waals surface area contributed by atoms with Crippen LogP contribution in [0.3, 0.4) is 0 Å². The molecule has 0 amide bonds. The second-order valence-electron chi connectivity index (χ2n) is 3.27. The Bertz CT molecular complexity index is 516. The number of halogens is 3. The summed E-state index contributed by atoms with van der Waals surface area (Å²) in [5.74, 6) is 1.31. The molecule has 0 aliphatic rings. The van der Waals surface area contributed by atoms with Gasteiger partial charge in [0, 0.05) is 16.6 Å². The summed E-state index contributed by atoms with van der Waals surface area (Å²) in [6.45, 7) is 0. The molecular formula is C10H8F3N3S. The van der Waals surface area contributed by atoms with Crippen molar-refractivity contribution in [2.75, 3.05) is 0 Å². The summed E-state index contributed by atoms with van der Waals surface area (Å²) in [5.41, 5.74) is 3.83. The van der Waals surface area contributed by atoms with E-state index in [0.717, 1.165) is 12.1 Å². The van der Waals surface area contributed by atoms with E-state index >= 15 is 0 Å². The van der Waals surface area contributed by atoms with Crippen LogP contribution in [0.5, 0.6) is 0 Å². The van der Waals surface area contributed by atoms with E-state index < -0.39 is 23.5 Å². The van der Waals surface area contributed by atoms with Gasteiger partial charge in [0.25, 0.3) is 0 Å². The Balaban J connectivity index is 2.49. The standard InChI is InChI=1S/C10H8F3N3S/c11-6-2-1-5(8(12)9(6)13)10(16-14)7-3-15-4-17-7/h1-4,10,16H,14H2. The number of hydrogen-bond donors (Lipinski definition) is 2. The summed E-state index contributed by atoms with van der Waals surface area (Å²) >= 11 is 1.23. The Morgan fingerprint density at radius 2 is 2.00 bits per heavy atom. The van der Waals surface area contributed by atoms with Gasteiger partial charge in [0.05, 0.1) is 11.6 Å². The topological polar surface area (TPSA) is 50.9 Å². The molecular weight excluding hydrogens is 251 g/mol. The predicted octanol–water partition coefficient (Wildman–Crippen LogP) is 2.11. The van der Waals surface area contributed by atoms with E-state index in [4.69, 9.17) is 5.84 Å². The van der Waals surface area contributed by atoms with E-state index in [-0.39, 0.29) is 5.56 Å². The molecule has 2 aromatic rings. The first kappa shape index (κ1) is 12.0. The number of hydrazine groups is 1. The Kier molecular flexibility index (Phi) is 3.41. The van der Waals surface area contributed by atoms with Gasteiger partial charge in [0.2, 0.25) is 0 Å². The fraction of sp³-hybridized carbons (Fsp3) is 0.100. The average molecular weight is 259 g/mol. The zero-order chi connectivity index (χ0) is 12.4. The van der Waals surface area contributed by atoms with Gasteiger partial charge >= 0.3 is 0 Å². The summed E-state index contributed by atoms with van der Waals surface area (Å²) < 4.78 is 39.5. The summed E-state index contributed by atoms with van der Waals surface area (Å²) in [5, 5.41) is 0. The molecule has 17 heavy (non-hydrogen) atoms. The van der Waals surface area contributed by atoms with Crippen LogP contribution < -0.4 is 11.3 Å². The molecule has 7 heteroatoms. The van der Waals surface area contributed by atoms with E-state index in [1.165, 1.54) is 23.0 Å². The third-order valence-corrected chi connectivity index (χ3v) is 3.12. The molecule has 1 aromatic carbocycles. The van der Waals surface area contributed by atoms with Crippen molar-refractivity contribution in [3.05, 3.63) is 51.7 Å². The van der Waals surface area contributed by atoms with Gasteiger partial charge in [-0.25, -0.2) is 18.6 Å². The molecule has 0 bridgehead atoms. The normalized spacial score (nSPS) is 12.7. The smallest absolute Gasteiger partial charge is 0.194 e. The molecule has 0 aliphatic carbocycles. The molecule has 1 heterocycles. The lowest BCUT2D eigenvalue weighted by Crippen LogP contribution is -2.29. The molecule has 1 atom stereocenters. The van der Waals surface area contributed by atoms with Crippen LogP contribution in [-0.2, 0) is 0 Å². The predicted molar refractivity (Wildman–Crippen MR) is 57.6 cm³/mol. The molecule has 0 saturated carbocycles. The highest BCUT2D eigenvalue weighted by Gasteiger charge is 2.22. The number of benzene rings is 1. The Labute approximate surface area is 99.1 Å². The summed E-state index contributed by atoms with van der Waals surface area (Å²) in [6, 6.07) is 1.26. The van der Waals surface area contributed by atoms with Crippen LogP contribution in [0, 0.1) is 17.5 Å². The monoisotopic (exact) mass is 259 g/mol. The molecule has 0 spiro atoms. The maximum atomic E-state index is 13.6. The van der Waals surface area contributed by atoms with Crippen LogP contribution in [0.1, 0.15) is 16.5 Å². The molecule has 0 saturated heterocycles. The van der Waals surface area contributed by atoms with E-state index in [9.17, 15) is 13.2 Å². The van der Waals surface area contributed by atoms with Gasteiger partial charge in [-0.15, -0.1) is 11.3 Å². The second kappa shape index (κ2) is 4.82. The van der Waals surface area contributed by atoms with Gasteiger partial charge in [0.15, 0.2) is 17.5 Å². The second-order valence-corrected chi connectivity index (χ2v) is 4.19. The third-order valence-electron chi connectivity index (χ3n) is 2.28. The first-order valence-corrected chi connectivity index (χ1v) is 5.51. The van der Waals surface area contributed by atoms with E-state index in [1.807, 2.05) is 0 Å². The van der Waals surface area contributed by atoms with E-state index in [0.29, 0.717) is 4.88 Å². The van der Waals surface area contributed by atoms with E-state index in [2.05, 4.69) is 10.4 Å². The van der Waals surface area contributed by atoms with Crippen molar-refractivity contribution < 1.29 is 13.2 Å². The number of rotatable bonds is 3. The highest BCUT2D eigenvalue weighted by molar-refractivity contribution is 7.09. The van der Waals surface area contributed by atoms with Crippen molar-refractivity contribution in [1.82, 2.24) is 10.4 Å². The maximum Gasteiger partial charge on any atom is 0.194 e. The largest absolute Gasteiger partial charge is 0.271 e. The van der Waals surface area contributed by atoms with Gasteiger partial charge in [0.1, 0.15) is 0 Å². The quantitative estimate of drug-likeness (QED) is 0.504. The first-order chi connectivity index (χ1) is 8.15. The van der Waals surface area contributed by atoms with Crippen LogP contribution in [0.2, 0.25) is 0 Å². The number of nitrogens with zero attached hydrogens (tertiary/aromatic N) is 1. The molecule has 3 nitrogen and oxygen atoms in total. The Morgan fingerprint density at radius 3 is 2.59 bits per heavy atom. The minimum Gasteiger partial charge on any atom is -0.271 e. The average Bonchev–Trinajstić information content (AvgIpc) is 2.84. The highest BCUT2D eigenvalue weighted by Crippen LogP contribution is 2.28. The van der Waals surface area contributed by atoms with Crippen molar-refractivity contribution in [2.45, 2.75) is 6.04 Å². The minimum atomic E-state index is -1.51. The molecule has 0 radical (unpaired) electrons. The van der Waals surface area contributed by atoms with Crippen LogP contribution in [0.25, 0.3) is 0 Å². The molecule has 1 unspecified atom stereocenters. The van der Waals surface area contributed by atoms with Gasteiger partial charge in [-0.1, -0.05) is 6.07 Å². The van der Waals surface area contributed by atoms with Crippen molar-refractivity contribution >= 4 is 11.3 Å². The molecule has 90 valence electrons. The molecule has 2 rings (SSSR count). The zero-order valence-corrected chi connectivity index (χ0v) is 9.27. The van der Waals surface area contributed by atoms with Crippen molar-refractivity contribution in [2.24, 2.45) is 5.84 Å². The van der Waals surface area contributed by atoms with Gasteiger partial charge in [-0.3, -0.25) is 10.8 Å². The lowest BCUT2D eigenvalue weighted by Gasteiger charge is -2.15. The van der Waals surface area contributed by atoms with Crippen molar-refractivity contribution in [1.29, 1.82) is 0 Å². The van der Waals surface area contributed by atoms with Crippen LogP contribution in [0.4, 0.5) is 13.2 Å². The zero-order valence-electron chi connectivity index (χ0n) is 8.45. The van der Waals surface area contributed by atoms with Crippen molar-refractivity contribution in [3.63, 3.8) is 0 Å². The lowest BCUT2D eigenvalue weighted by atomic mass is 10.1. The number of thiazole rings is 1. The SMILES string of the molecule is NNC(c1cncs1)c1ccc(F)c(F)c1F. The maximum absolute atomic E-state index is 13.6. The molecule has 1 aromatic heterocycles. The fourth-order valence-electron chi connectivity index (χ4n) is 1.46. The summed E-state index contributed by atoms with van der Waals surface area (Å²) in [6.07, 6.45) is 1.48. The lowest BCUT2D eigenvalue weighted by molar-refractivity contribution is 0.433. The first-order valence-electron chi connectivity index (χ1n) is 4.63. The molecule has 0 fully saturated rings. The molecule has 3 N–H and O–H groups in total. The van der Waals surface area contributed by atoms with Gasteiger partial charge in [-0.2, -0.15) is 0 Å². The van der Waals surface area contributed by atoms with Crippen LogP contribution in [-0.4, -0.2) is 4.98 Å². The number of nitrogens with one attached hydrogen (secondary N) is 1.